The van der Waals surface area contributed by atoms with Crippen LogP contribution in [0.1, 0.15) is 10.4 Å². The molecule has 1 heterocycles. The van der Waals surface area contributed by atoms with E-state index in [2.05, 4.69) is 20.7 Å². The summed E-state index contributed by atoms with van der Waals surface area (Å²) in [6.07, 6.45) is 0. The number of thiophene rings is 1. The molecule has 0 saturated carbocycles. The van der Waals surface area contributed by atoms with Gasteiger partial charge in [0.25, 0.3) is 0 Å². The number of nitrogens with two attached hydrogens (primary N) is 1. The molecule has 0 unspecified atom stereocenters. The Morgan fingerprint density at radius 2 is 2.11 bits per heavy atom. The molecule has 0 spiro atoms. The van der Waals surface area contributed by atoms with Gasteiger partial charge in [0, 0.05) is 21.3 Å². The van der Waals surface area contributed by atoms with Crippen molar-refractivity contribution >= 4 is 43.0 Å². The first-order valence-corrected chi connectivity index (χ1v) is 8.63. The predicted octanol–water partition coefficient (Wildman–Crippen LogP) is 2.88. The minimum atomic E-state index is -3.58. The molecular formula is C12H13BrN2O2S2. The standard InChI is InChI=1S/C12H13BrN2O2S2/c1-8-2-3-12(11(14)4-8)19(16,17)15-6-10-5-9(13)7-18-10/h2-5,7,15H,6,14H2,1H3. The number of halogens is 1. The van der Waals surface area contributed by atoms with Crippen molar-refractivity contribution in [3.05, 3.63) is 44.6 Å². The number of hydrogen-bond acceptors (Lipinski definition) is 4. The third-order valence-corrected chi connectivity index (χ3v) is 5.69. The minimum absolute atomic E-state index is 0.119. The summed E-state index contributed by atoms with van der Waals surface area (Å²) in [5.41, 5.74) is 6.95. The number of hydrogen-bond donors (Lipinski definition) is 2. The average Bonchev–Trinajstić information content (AvgIpc) is 2.72. The average molecular weight is 361 g/mol. The van der Waals surface area contributed by atoms with Gasteiger partial charge in [0.05, 0.1) is 5.69 Å². The first-order chi connectivity index (χ1) is 8.88. The van der Waals surface area contributed by atoms with Gasteiger partial charge in [-0.2, -0.15) is 0 Å². The lowest BCUT2D eigenvalue weighted by atomic mass is 10.2. The largest absolute Gasteiger partial charge is 0.398 e. The van der Waals surface area contributed by atoms with Crippen molar-refractivity contribution in [2.45, 2.75) is 18.4 Å². The van der Waals surface area contributed by atoms with Gasteiger partial charge in [-0.3, -0.25) is 0 Å². The molecule has 3 N–H and O–H groups in total. The first-order valence-electron chi connectivity index (χ1n) is 5.47. The van der Waals surface area contributed by atoms with Gasteiger partial charge in [0.1, 0.15) is 4.90 Å². The molecule has 0 bridgehead atoms. The zero-order valence-electron chi connectivity index (χ0n) is 10.2. The van der Waals surface area contributed by atoms with Crippen molar-refractivity contribution in [1.82, 2.24) is 4.72 Å². The first kappa shape index (κ1) is 14.5. The van der Waals surface area contributed by atoms with E-state index in [1.807, 2.05) is 18.4 Å². The number of nitrogen functional groups attached to an aromatic ring is 1. The summed E-state index contributed by atoms with van der Waals surface area (Å²) in [7, 11) is -3.58. The number of aryl methyl sites for hydroxylation is 1. The highest BCUT2D eigenvalue weighted by molar-refractivity contribution is 9.10. The van der Waals surface area contributed by atoms with Crippen molar-refractivity contribution in [2.75, 3.05) is 5.73 Å². The van der Waals surface area contributed by atoms with Crippen molar-refractivity contribution in [1.29, 1.82) is 0 Å². The van der Waals surface area contributed by atoms with Crippen LogP contribution >= 0.6 is 27.3 Å². The Balaban J connectivity index is 2.18. The van der Waals surface area contributed by atoms with Crippen molar-refractivity contribution in [2.24, 2.45) is 0 Å². The Labute approximate surface area is 124 Å². The Morgan fingerprint density at radius 1 is 1.37 bits per heavy atom. The molecule has 19 heavy (non-hydrogen) atoms. The molecule has 0 aliphatic rings. The number of rotatable bonds is 4. The SMILES string of the molecule is Cc1ccc(S(=O)(=O)NCc2cc(Br)cs2)c(N)c1. The number of nitrogens with one attached hydrogen (secondary N) is 1. The number of benzene rings is 1. The highest BCUT2D eigenvalue weighted by Crippen LogP contribution is 2.22. The molecule has 0 aliphatic heterocycles. The Morgan fingerprint density at radius 3 is 2.68 bits per heavy atom. The summed E-state index contributed by atoms with van der Waals surface area (Å²) < 4.78 is 27.8. The number of anilines is 1. The summed E-state index contributed by atoms with van der Waals surface area (Å²) >= 11 is 4.82. The lowest BCUT2D eigenvalue weighted by molar-refractivity contribution is 0.582. The fourth-order valence-corrected chi connectivity index (χ4v) is 4.20. The Kier molecular flexibility index (Phi) is 4.29. The van der Waals surface area contributed by atoms with Crippen LogP contribution < -0.4 is 10.5 Å². The highest BCUT2D eigenvalue weighted by Gasteiger charge is 2.17. The van der Waals surface area contributed by atoms with E-state index in [4.69, 9.17) is 5.73 Å². The van der Waals surface area contributed by atoms with E-state index in [0.717, 1.165) is 14.9 Å². The van der Waals surface area contributed by atoms with Crippen LogP contribution in [-0.4, -0.2) is 8.42 Å². The molecule has 0 aliphatic carbocycles. The van der Waals surface area contributed by atoms with Crippen molar-refractivity contribution in [3.63, 3.8) is 0 Å². The third-order valence-electron chi connectivity index (χ3n) is 2.51. The fourth-order valence-electron chi connectivity index (χ4n) is 1.60. The van der Waals surface area contributed by atoms with E-state index in [9.17, 15) is 8.42 Å². The second kappa shape index (κ2) is 5.62. The van der Waals surface area contributed by atoms with Crippen LogP contribution in [0.3, 0.4) is 0 Å². The van der Waals surface area contributed by atoms with Crippen LogP contribution in [0.15, 0.2) is 39.0 Å². The van der Waals surface area contributed by atoms with Gasteiger partial charge in [-0.05, 0) is 46.6 Å². The van der Waals surface area contributed by atoms with Crippen molar-refractivity contribution in [3.8, 4) is 0 Å². The molecule has 0 saturated heterocycles. The fraction of sp³-hybridized carbons (Fsp3) is 0.167. The van der Waals surface area contributed by atoms with Crippen LogP contribution in [0.25, 0.3) is 0 Å². The third kappa shape index (κ3) is 3.56. The van der Waals surface area contributed by atoms with Crippen LogP contribution in [0.5, 0.6) is 0 Å². The molecule has 0 radical (unpaired) electrons. The molecule has 0 amide bonds. The van der Waals surface area contributed by atoms with Gasteiger partial charge in [-0.1, -0.05) is 6.07 Å². The van der Waals surface area contributed by atoms with E-state index in [1.165, 1.54) is 17.4 Å². The normalized spacial score (nSPS) is 11.7. The molecule has 0 fully saturated rings. The summed E-state index contributed by atoms with van der Waals surface area (Å²) in [6, 6.07) is 6.78. The summed E-state index contributed by atoms with van der Waals surface area (Å²) in [6.45, 7) is 2.12. The van der Waals surface area contributed by atoms with Gasteiger partial charge < -0.3 is 5.73 Å². The monoisotopic (exact) mass is 360 g/mol. The maximum atomic E-state index is 12.1. The lowest BCUT2D eigenvalue weighted by Gasteiger charge is -2.08. The lowest BCUT2D eigenvalue weighted by Crippen LogP contribution is -2.23. The Bertz CT molecular complexity index is 696. The van der Waals surface area contributed by atoms with Crippen LogP contribution in [0.4, 0.5) is 5.69 Å². The molecule has 102 valence electrons. The second-order valence-corrected chi connectivity index (χ2v) is 7.74. The quantitative estimate of drug-likeness (QED) is 0.823. The smallest absolute Gasteiger partial charge is 0.242 e. The maximum Gasteiger partial charge on any atom is 0.242 e. The van der Waals surface area contributed by atoms with Crippen molar-refractivity contribution < 1.29 is 8.42 Å². The van der Waals surface area contributed by atoms with E-state index >= 15 is 0 Å². The van der Waals surface area contributed by atoms with Gasteiger partial charge in [0.15, 0.2) is 0 Å². The van der Waals surface area contributed by atoms with Gasteiger partial charge in [0.2, 0.25) is 10.0 Å². The maximum absolute atomic E-state index is 12.1. The van der Waals surface area contributed by atoms with Gasteiger partial charge in [-0.25, -0.2) is 13.1 Å². The minimum Gasteiger partial charge on any atom is -0.398 e. The van der Waals surface area contributed by atoms with Crippen LogP contribution in [-0.2, 0) is 16.6 Å². The molecule has 4 nitrogen and oxygen atoms in total. The molecule has 0 atom stereocenters. The predicted molar refractivity (Wildman–Crippen MR) is 81.6 cm³/mol. The molecule has 7 heteroatoms. The van der Waals surface area contributed by atoms with Gasteiger partial charge >= 0.3 is 0 Å². The summed E-state index contributed by atoms with van der Waals surface area (Å²) in [5.74, 6) is 0. The summed E-state index contributed by atoms with van der Waals surface area (Å²) in [5, 5.41) is 1.91. The zero-order valence-corrected chi connectivity index (χ0v) is 13.4. The molecular weight excluding hydrogens is 348 g/mol. The van der Waals surface area contributed by atoms with E-state index < -0.39 is 10.0 Å². The molecule has 1 aromatic heterocycles. The topological polar surface area (TPSA) is 72.2 Å². The van der Waals surface area contributed by atoms with E-state index in [-0.39, 0.29) is 17.1 Å². The summed E-state index contributed by atoms with van der Waals surface area (Å²) in [4.78, 5) is 1.05. The van der Waals surface area contributed by atoms with E-state index in [1.54, 1.807) is 12.1 Å². The van der Waals surface area contributed by atoms with Crippen LogP contribution in [0.2, 0.25) is 0 Å². The van der Waals surface area contributed by atoms with E-state index in [0.29, 0.717) is 0 Å². The molecule has 2 aromatic rings. The highest BCUT2D eigenvalue weighted by atomic mass is 79.9. The number of sulfonamides is 1. The zero-order chi connectivity index (χ0) is 14.0. The molecule has 2 rings (SSSR count). The Hall–Kier alpha value is -0.890. The molecule has 1 aromatic carbocycles. The second-order valence-electron chi connectivity index (χ2n) is 4.10. The van der Waals surface area contributed by atoms with Gasteiger partial charge in [-0.15, -0.1) is 11.3 Å². The van der Waals surface area contributed by atoms with Crippen LogP contribution in [0, 0.1) is 6.92 Å².